The number of nitrogens with zero attached hydrogens (tertiary/aromatic N) is 1. The van der Waals surface area contributed by atoms with Gasteiger partial charge in [-0.1, -0.05) is 0 Å². The van der Waals surface area contributed by atoms with E-state index in [1.807, 2.05) is 29.9 Å². The molecule has 0 rings (SSSR count). The molecule has 0 amide bonds. The van der Waals surface area contributed by atoms with Gasteiger partial charge in [0, 0.05) is 22.9 Å². The molecule has 0 aromatic carbocycles. The minimum atomic E-state index is 0.514. The molecule has 2 nitrogen and oxygen atoms in total. The minimum Gasteiger partial charge on any atom is -0.302 e. The summed E-state index contributed by atoms with van der Waals surface area (Å²) < 4.78 is 1.78. The van der Waals surface area contributed by atoms with Crippen molar-refractivity contribution in [2.24, 2.45) is 0 Å². The first-order chi connectivity index (χ1) is 2.77. The Morgan fingerprint density at radius 3 is 2.50 bits per heavy atom. The molecule has 3 heteroatoms. The van der Waals surface area contributed by atoms with Crippen LogP contribution in [0.1, 0.15) is 0 Å². The number of likely N-dealkylation sites (N-methyl/N-ethyl adjacent to an activating group) is 1. The Kier molecular flexibility index (Phi) is 3.76. The SMILES string of the molecule is CN(I)CC=O. The highest BCUT2D eigenvalue weighted by Crippen LogP contribution is 1.86. The van der Waals surface area contributed by atoms with Crippen LogP contribution in [0.5, 0.6) is 0 Å². The smallest absolute Gasteiger partial charge is 0.134 e. The fourth-order valence-electron chi connectivity index (χ4n) is 0.103. The number of aldehydes is 1. The third-order valence-electron chi connectivity index (χ3n) is 0.326. The molecule has 0 aliphatic heterocycles. The molecular formula is C3H6INO. The third kappa shape index (κ3) is 4.36. The molecule has 6 heavy (non-hydrogen) atoms. The maximum atomic E-state index is 9.57. The van der Waals surface area contributed by atoms with Gasteiger partial charge in [-0.05, 0) is 7.05 Å². The second-order valence-corrected chi connectivity index (χ2v) is 2.60. The van der Waals surface area contributed by atoms with Crippen LogP contribution in [0.2, 0.25) is 0 Å². The van der Waals surface area contributed by atoms with Crippen molar-refractivity contribution < 1.29 is 4.79 Å². The Balaban J connectivity index is 2.81. The van der Waals surface area contributed by atoms with Gasteiger partial charge < -0.3 is 4.79 Å². The van der Waals surface area contributed by atoms with Crippen LogP contribution >= 0.6 is 22.9 Å². The Morgan fingerprint density at radius 2 is 2.50 bits per heavy atom. The monoisotopic (exact) mass is 199 g/mol. The van der Waals surface area contributed by atoms with Gasteiger partial charge in [0.05, 0.1) is 6.54 Å². The van der Waals surface area contributed by atoms with Crippen molar-refractivity contribution in [1.29, 1.82) is 0 Å². The van der Waals surface area contributed by atoms with E-state index in [0.717, 1.165) is 6.29 Å². The summed E-state index contributed by atoms with van der Waals surface area (Å²) in [6, 6.07) is 0. The van der Waals surface area contributed by atoms with Gasteiger partial charge in [-0.2, -0.15) is 0 Å². The van der Waals surface area contributed by atoms with Crippen LogP contribution in [-0.4, -0.2) is 23.0 Å². The predicted octanol–water partition coefficient (Wildman–Crippen LogP) is 0.467. The maximum Gasteiger partial charge on any atom is 0.134 e. The number of hydrogen-bond donors (Lipinski definition) is 0. The average Bonchev–Trinajstić information content (AvgIpc) is 1.35. The van der Waals surface area contributed by atoms with Crippen LogP contribution in [0.3, 0.4) is 0 Å². The molecule has 0 unspecified atom stereocenters. The molecule has 0 saturated carbocycles. The molecule has 0 aliphatic carbocycles. The largest absolute Gasteiger partial charge is 0.302 e. The quantitative estimate of drug-likeness (QED) is 0.366. The zero-order valence-corrected chi connectivity index (χ0v) is 5.68. The van der Waals surface area contributed by atoms with Gasteiger partial charge in [-0.15, -0.1) is 0 Å². The maximum absolute atomic E-state index is 9.57. The number of carbonyl (C=O) groups excluding carboxylic acids is 1. The lowest BCUT2D eigenvalue weighted by Crippen LogP contribution is -2.05. The normalized spacial score (nSPS) is 9.17. The summed E-state index contributed by atoms with van der Waals surface area (Å²) in [5.41, 5.74) is 0. The van der Waals surface area contributed by atoms with Crippen molar-refractivity contribution in [2.75, 3.05) is 13.6 Å². The highest BCUT2D eigenvalue weighted by molar-refractivity contribution is 14.1. The van der Waals surface area contributed by atoms with E-state index in [0.29, 0.717) is 6.54 Å². The van der Waals surface area contributed by atoms with Crippen molar-refractivity contribution >= 4 is 29.2 Å². The number of carbonyl (C=O) groups is 1. The van der Waals surface area contributed by atoms with Crippen molar-refractivity contribution in [3.63, 3.8) is 0 Å². The summed E-state index contributed by atoms with van der Waals surface area (Å²) >= 11 is 2.04. The van der Waals surface area contributed by atoms with Crippen molar-refractivity contribution in [2.45, 2.75) is 0 Å². The number of halogens is 1. The predicted molar refractivity (Wildman–Crippen MR) is 32.7 cm³/mol. The lowest BCUT2D eigenvalue weighted by Gasteiger charge is -1.95. The molecular weight excluding hydrogens is 193 g/mol. The Bertz CT molecular complexity index is 46.1. The van der Waals surface area contributed by atoms with Crippen molar-refractivity contribution in [3.05, 3.63) is 0 Å². The van der Waals surface area contributed by atoms with Gasteiger partial charge >= 0.3 is 0 Å². The van der Waals surface area contributed by atoms with Crippen molar-refractivity contribution in [1.82, 2.24) is 3.11 Å². The molecule has 0 atom stereocenters. The zero-order valence-electron chi connectivity index (χ0n) is 3.52. The molecule has 0 aromatic rings. The van der Waals surface area contributed by atoms with E-state index in [2.05, 4.69) is 0 Å². The molecule has 0 fully saturated rings. The van der Waals surface area contributed by atoms with Crippen LogP contribution in [0.4, 0.5) is 0 Å². The summed E-state index contributed by atoms with van der Waals surface area (Å²) in [7, 11) is 1.84. The molecule has 0 spiro atoms. The molecule has 0 heterocycles. The Morgan fingerprint density at radius 1 is 2.00 bits per heavy atom. The Labute approximate surface area is 51.0 Å². The highest BCUT2D eigenvalue weighted by atomic mass is 127. The summed E-state index contributed by atoms with van der Waals surface area (Å²) in [6.45, 7) is 0.514. The van der Waals surface area contributed by atoms with Gasteiger partial charge in [0.15, 0.2) is 0 Å². The molecule has 0 aliphatic rings. The first kappa shape index (κ1) is 6.36. The summed E-state index contributed by atoms with van der Waals surface area (Å²) in [5.74, 6) is 0. The number of rotatable bonds is 2. The number of hydrogen-bond acceptors (Lipinski definition) is 2. The van der Waals surface area contributed by atoms with Gasteiger partial charge in [0.2, 0.25) is 0 Å². The fraction of sp³-hybridized carbons (Fsp3) is 0.667. The van der Waals surface area contributed by atoms with E-state index < -0.39 is 0 Å². The van der Waals surface area contributed by atoms with Gasteiger partial charge in [-0.3, -0.25) is 0 Å². The van der Waals surface area contributed by atoms with Crippen LogP contribution < -0.4 is 0 Å². The Hall–Kier alpha value is 0.360. The van der Waals surface area contributed by atoms with Gasteiger partial charge in [0.25, 0.3) is 0 Å². The summed E-state index contributed by atoms with van der Waals surface area (Å²) in [6.07, 6.45) is 0.867. The second kappa shape index (κ2) is 3.55. The molecule has 0 aromatic heterocycles. The summed E-state index contributed by atoms with van der Waals surface area (Å²) in [4.78, 5) is 9.57. The topological polar surface area (TPSA) is 20.3 Å². The molecule has 36 valence electrons. The molecule has 0 N–H and O–H groups in total. The standard InChI is InChI=1S/C3H6INO/c1-5(4)2-3-6/h3H,2H2,1H3. The average molecular weight is 199 g/mol. The molecule has 0 radical (unpaired) electrons. The van der Waals surface area contributed by atoms with Gasteiger partial charge in [0.1, 0.15) is 6.29 Å². The van der Waals surface area contributed by atoms with Crippen molar-refractivity contribution in [3.8, 4) is 0 Å². The second-order valence-electron chi connectivity index (χ2n) is 0.954. The van der Waals surface area contributed by atoms with Crippen LogP contribution in [0.25, 0.3) is 0 Å². The zero-order chi connectivity index (χ0) is 4.99. The lowest BCUT2D eigenvalue weighted by molar-refractivity contribution is -0.107. The highest BCUT2D eigenvalue weighted by Gasteiger charge is 1.81. The minimum absolute atomic E-state index is 0.514. The van der Waals surface area contributed by atoms with E-state index in [-0.39, 0.29) is 0 Å². The van der Waals surface area contributed by atoms with E-state index in [1.54, 1.807) is 3.11 Å². The first-order valence-corrected chi connectivity index (χ1v) is 2.54. The van der Waals surface area contributed by atoms with Crippen LogP contribution in [0.15, 0.2) is 0 Å². The lowest BCUT2D eigenvalue weighted by atomic mass is 10.7. The van der Waals surface area contributed by atoms with E-state index in [1.165, 1.54) is 0 Å². The fourth-order valence-corrected chi connectivity index (χ4v) is 0.264. The summed E-state index contributed by atoms with van der Waals surface area (Å²) in [5, 5.41) is 0. The first-order valence-electron chi connectivity index (χ1n) is 1.58. The van der Waals surface area contributed by atoms with E-state index >= 15 is 0 Å². The van der Waals surface area contributed by atoms with Gasteiger partial charge in [-0.25, -0.2) is 3.11 Å². The van der Waals surface area contributed by atoms with E-state index in [9.17, 15) is 4.79 Å². The van der Waals surface area contributed by atoms with E-state index in [4.69, 9.17) is 0 Å². The third-order valence-corrected chi connectivity index (χ3v) is 0.720. The molecule has 0 saturated heterocycles. The molecule has 0 bridgehead atoms. The van der Waals surface area contributed by atoms with Crippen LogP contribution in [-0.2, 0) is 4.79 Å². The van der Waals surface area contributed by atoms with Crippen LogP contribution in [0, 0.1) is 0 Å².